The van der Waals surface area contributed by atoms with Crippen molar-refractivity contribution < 1.29 is 12.8 Å². The Balaban J connectivity index is 2.51. The van der Waals surface area contributed by atoms with Gasteiger partial charge in [-0.3, -0.25) is 0 Å². The first-order valence-electron chi connectivity index (χ1n) is 6.84. The molecule has 1 saturated heterocycles. The fraction of sp³-hybridized carbons (Fsp3) is 0.571. The molecule has 7 heteroatoms. The monoisotopic (exact) mass is 397 g/mol. The van der Waals surface area contributed by atoms with Gasteiger partial charge >= 0.3 is 0 Å². The molecular weight excluding hydrogens is 381 g/mol. The molecule has 0 aromatic heterocycles. The molecule has 2 rings (SSSR count). The van der Waals surface area contributed by atoms with Gasteiger partial charge in [-0.15, -0.1) is 11.6 Å². The molecule has 2 unspecified atom stereocenters. The second kappa shape index (κ2) is 6.52. The van der Waals surface area contributed by atoms with E-state index in [2.05, 4.69) is 15.9 Å². The van der Waals surface area contributed by atoms with E-state index in [1.165, 1.54) is 16.4 Å². The molecule has 0 N–H and O–H groups in total. The molecule has 0 amide bonds. The molecule has 0 aliphatic carbocycles. The Labute approximate surface area is 138 Å². The molecule has 0 bridgehead atoms. The van der Waals surface area contributed by atoms with Crippen molar-refractivity contribution in [2.45, 2.75) is 43.5 Å². The second-order valence-electron chi connectivity index (χ2n) is 5.49. The lowest BCUT2D eigenvalue weighted by atomic mass is 9.94. The van der Waals surface area contributed by atoms with Crippen LogP contribution >= 0.6 is 27.5 Å². The minimum absolute atomic E-state index is 0.0697. The van der Waals surface area contributed by atoms with E-state index in [9.17, 15) is 12.8 Å². The van der Waals surface area contributed by atoms with E-state index in [1.54, 1.807) is 0 Å². The summed E-state index contributed by atoms with van der Waals surface area (Å²) in [5.41, 5.74) is 0.183. The van der Waals surface area contributed by atoms with Gasteiger partial charge in [-0.2, -0.15) is 4.31 Å². The highest BCUT2D eigenvalue weighted by Gasteiger charge is 2.36. The number of sulfonamides is 1. The van der Waals surface area contributed by atoms with E-state index in [-0.39, 0.29) is 28.3 Å². The number of rotatable bonds is 3. The molecule has 1 aromatic rings. The van der Waals surface area contributed by atoms with E-state index >= 15 is 0 Å². The first kappa shape index (κ1) is 17.2. The van der Waals surface area contributed by atoms with Gasteiger partial charge in [0, 0.05) is 22.6 Å². The van der Waals surface area contributed by atoms with Crippen LogP contribution in [0.3, 0.4) is 0 Å². The lowest BCUT2D eigenvalue weighted by Gasteiger charge is -2.36. The quantitative estimate of drug-likeness (QED) is 0.718. The zero-order chi connectivity index (χ0) is 15.8. The van der Waals surface area contributed by atoms with Crippen molar-refractivity contribution in [1.82, 2.24) is 4.31 Å². The van der Waals surface area contributed by atoms with Gasteiger partial charge in [0.25, 0.3) is 0 Å². The summed E-state index contributed by atoms with van der Waals surface area (Å²) in [6.45, 7) is 4.32. The highest BCUT2D eigenvalue weighted by atomic mass is 79.9. The van der Waals surface area contributed by atoms with Gasteiger partial charge in [-0.1, -0.05) is 22.9 Å². The molecule has 21 heavy (non-hydrogen) atoms. The lowest BCUT2D eigenvalue weighted by Crippen LogP contribution is -2.46. The van der Waals surface area contributed by atoms with Crippen LogP contribution in [-0.4, -0.2) is 25.3 Å². The number of nitrogens with zero attached hydrogens (tertiary/aromatic N) is 1. The van der Waals surface area contributed by atoms with Crippen LogP contribution < -0.4 is 0 Å². The van der Waals surface area contributed by atoms with Crippen molar-refractivity contribution in [2.75, 3.05) is 6.54 Å². The van der Waals surface area contributed by atoms with Crippen molar-refractivity contribution in [3.05, 3.63) is 28.0 Å². The molecule has 2 atom stereocenters. The van der Waals surface area contributed by atoms with E-state index < -0.39 is 15.8 Å². The third-order valence-corrected chi connectivity index (χ3v) is 6.86. The summed E-state index contributed by atoms with van der Waals surface area (Å²) >= 11 is 8.92. The van der Waals surface area contributed by atoms with Crippen LogP contribution in [0.15, 0.2) is 21.5 Å². The maximum absolute atomic E-state index is 14.4. The van der Waals surface area contributed by atoms with E-state index in [1.807, 2.05) is 13.8 Å². The van der Waals surface area contributed by atoms with Crippen molar-refractivity contribution in [3.8, 4) is 0 Å². The number of hydrogen-bond donors (Lipinski definition) is 0. The number of piperidine rings is 1. The normalized spacial score (nSPS) is 24.2. The summed E-state index contributed by atoms with van der Waals surface area (Å²) in [6.07, 6.45) is 1.78. The highest BCUT2D eigenvalue weighted by Crippen LogP contribution is 2.32. The Kier molecular flexibility index (Phi) is 5.34. The van der Waals surface area contributed by atoms with Gasteiger partial charge in [-0.25, -0.2) is 12.8 Å². The largest absolute Gasteiger partial charge is 0.246 e. The highest BCUT2D eigenvalue weighted by molar-refractivity contribution is 9.10. The number of alkyl halides is 1. The van der Waals surface area contributed by atoms with Gasteiger partial charge in [-0.05, 0) is 37.8 Å². The van der Waals surface area contributed by atoms with Crippen molar-refractivity contribution in [3.63, 3.8) is 0 Å². The molecule has 0 radical (unpaired) electrons. The Hall–Kier alpha value is -0.170. The first-order chi connectivity index (χ1) is 9.78. The standard InChI is InChI=1S/C14H18BrClFNO2S/c1-9-4-3-5-18(10(9)2)21(19,20)13-7-12(15)6-11(8-16)14(13)17/h6-7,9-10H,3-5,8H2,1-2H3. The maximum atomic E-state index is 14.4. The topological polar surface area (TPSA) is 37.4 Å². The van der Waals surface area contributed by atoms with Gasteiger partial charge in [0.15, 0.2) is 0 Å². The minimum Gasteiger partial charge on any atom is -0.207 e. The van der Waals surface area contributed by atoms with Crippen molar-refractivity contribution in [2.24, 2.45) is 5.92 Å². The van der Waals surface area contributed by atoms with Crippen molar-refractivity contribution >= 4 is 37.6 Å². The molecule has 1 aliphatic heterocycles. The third-order valence-electron chi connectivity index (χ3n) is 4.13. The summed E-state index contributed by atoms with van der Waals surface area (Å²) < 4.78 is 41.9. The molecule has 3 nitrogen and oxygen atoms in total. The second-order valence-corrected chi connectivity index (χ2v) is 8.53. The average Bonchev–Trinajstić information content (AvgIpc) is 2.43. The molecule has 1 heterocycles. The van der Waals surface area contributed by atoms with Crippen LogP contribution in [0.25, 0.3) is 0 Å². The van der Waals surface area contributed by atoms with Gasteiger partial charge in [0.05, 0.1) is 5.88 Å². The summed E-state index contributed by atoms with van der Waals surface area (Å²) in [6, 6.07) is 2.68. The predicted molar refractivity (Wildman–Crippen MR) is 85.4 cm³/mol. The molecular formula is C14H18BrClFNO2S. The van der Waals surface area contributed by atoms with Gasteiger partial charge in [0.1, 0.15) is 10.7 Å². The van der Waals surface area contributed by atoms with Gasteiger partial charge in [0.2, 0.25) is 10.0 Å². The fourth-order valence-electron chi connectivity index (χ4n) is 2.67. The van der Waals surface area contributed by atoms with E-state index in [0.717, 1.165) is 12.8 Å². The minimum atomic E-state index is -3.86. The van der Waals surface area contributed by atoms with Crippen LogP contribution in [0.1, 0.15) is 32.3 Å². The van der Waals surface area contributed by atoms with E-state index in [4.69, 9.17) is 11.6 Å². The lowest BCUT2D eigenvalue weighted by molar-refractivity contribution is 0.202. The predicted octanol–water partition coefficient (Wildman–Crippen LogP) is 4.14. The zero-order valence-electron chi connectivity index (χ0n) is 11.9. The Morgan fingerprint density at radius 2 is 2.10 bits per heavy atom. The van der Waals surface area contributed by atoms with Crippen molar-refractivity contribution in [1.29, 1.82) is 0 Å². The van der Waals surface area contributed by atoms with Gasteiger partial charge < -0.3 is 0 Å². The molecule has 1 aliphatic rings. The molecule has 0 spiro atoms. The van der Waals surface area contributed by atoms with Crippen LogP contribution in [0.5, 0.6) is 0 Å². The summed E-state index contributed by atoms with van der Waals surface area (Å²) in [5.74, 6) is -0.561. The van der Waals surface area contributed by atoms with Crippen LogP contribution in [0, 0.1) is 11.7 Å². The van der Waals surface area contributed by atoms with E-state index in [0.29, 0.717) is 11.0 Å². The Morgan fingerprint density at radius 3 is 2.71 bits per heavy atom. The SMILES string of the molecule is CC1CCCN(S(=O)(=O)c2cc(Br)cc(CCl)c2F)C1C. The molecule has 1 fully saturated rings. The first-order valence-corrected chi connectivity index (χ1v) is 9.61. The maximum Gasteiger partial charge on any atom is 0.246 e. The zero-order valence-corrected chi connectivity index (χ0v) is 15.1. The number of hydrogen-bond acceptors (Lipinski definition) is 2. The summed E-state index contributed by atoms with van der Waals surface area (Å²) in [7, 11) is -3.86. The Morgan fingerprint density at radius 1 is 1.43 bits per heavy atom. The smallest absolute Gasteiger partial charge is 0.207 e. The van der Waals surface area contributed by atoms with Crippen LogP contribution in [0.4, 0.5) is 4.39 Å². The number of benzene rings is 1. The molecule has 1 aromatic carbocycles. The molecule has 118 valence electrons. The summed E-state index contributed by atoms with van der Waals surface area (Å²) in [4.78, 5) is -0.298. The van der Waals surface area contributed by atoms with Crippen LogP contribution in [0.2, 0.25) is 0 Å². The Bertz CT molecular complexity index is 638. The van der Waals surface area contributed by atoms with Crippen LogP contribution in [-0.2, 0) is 15.9 Å². The fourth-order valence-corrected chi connectivity index (χ4v) is 5.42. The third kappa shape index (κ3) is 3.28. The average molecular weight is 399 g/mol. The summed E-state index contributed by atoms with van der Waals surface area (Å²) in [5, 5.41) is 0. The number of halogens is 3. The molecule has 0 saturated carbocycles.